The first-order valence-electron chi connectivity index (χ1n) is 3.92. The molecule has 0 aliphatic rings. The van der Waals surface area contributed by atoms with Crippen LogP contribution in [0.2, 0.25) is 0 Å². The quantitative estimate of drug-likeness (QED) is 0.648. The van der Waals surface area contributed by atoms with E-state index in [9.17, 15) is 21.6 Å². The maximum Gasteiger partial charge on any atom is 0.402 e. The highest BCUT2D eigenvalue weighted by Gasteiger charge is 2.29. The van der Waals surface area contributed by atoms with Crippen LogP contribution >= 0.6 is 0 Å². The van der Waals surface area contributed by atoms with Crippen molar-refractivity contribution in [1.29, 1.82) is 0 Å². The molecule has 2 N–H and O–H groups in total. The second-order valence-electron chi connectivity index (χ2n) is 2.69. The Balaban J connectivity index is 3.85. The summed E-state index contributed by atoms with van der Waals surface area (Å²) in [7, 11) is -3.87. The van der Waals surface area contributed by atoms with Gasteiger partial charge in [0.1, 0.15) is 6.54 Å². The maximum absolute atomic E-state index is 11.6. The van der Waals surface area contributed by atoms with E-state index in [4.69, 9.17) is 5.11 Å². The number of alkyl halides is 3. The van der Waals surface area contributed by atoms with E-state index < -0.39 is 28.5 Å². The van der Waals surface area contributed by atoms with Crippen molar-refractivity contribution in [1.82, 2.24) is 4.72 Å². The molecule has 0 saturated carbocycles. The van der Waals surface area contributed by atoms with E-state index in [2.05, 4.69) is 0 Å². The molecule has 8 heteroatoms. The number of aliphatic hydroxyl groups excluding tert-OH is 1. The minimum atomic E-state index is -4.54. The molecule has 0 aliphatic carbocycles. The summed E-state index contributed by atoms with van der Waals surface area (Å²) < 4.78 is 58.0. The van der Waals surface area contributed by atoms with E-state index >= 15 is 0 Å². The Morgan fingerprint density at radius 1 is 1.21 bits per heavy atom. The van der Waals surface area contributed by atoms with Gasteiger partial charge in [0, 0.05) is 6.61 Å². The lowest BCUT2D eigenvalue weighted by Gasteiger charge is -2.08. The average molecular weight is 235 g/mol. The van der Waals surface area contributed by atoms with Gasteiger partial charge in [0.2, 0.25) is 10.0 Å². The lowest BCUT2D eigenvalue weighted by molar-refractivity contribution is -0.121. The van der Waals surface area contributed by atoms with Crippen molar-refractivity contribution in [2.24, 2.45) is 0 Å². The largest absolute Gasteiger partial charge is 0.402 e. The zero-order chi connectivity index (χ0) is 11.2. The number of rotatable bonds is 6. The molecule has 14 heavy (non-hydrogen) atoms. The lowest BCUT2D eigenvalue weighted by Crippen LogP contribution is -2.35. The predicted molar refractivity (Wildman–Crippen MR) is 44.2 cm³/mol. The molecule has 0 aromatic carbocycles. The fourth-order valence-corrected chi connectivity index (χ4v) is 1.78. The molecule has 0 amide bonds. The molecular weight excluding hydrogens is 223 g/mol. The molecule has 86 valence electrons. The molecular formula is C6H12F3NO3S. The minimum Gasteiger partial charge on any atom is -0.396 e. The van der Waals surface area contributed by atoms with Gasteiger partial charge in [-0.2, -0.15) is 13.2 Å². The van der Waals surface area contributed by atoms with Crippen LogP contribution in [-0.2, 0) is 10.0 Å². The second-order valence-corrected chi connectivity index (χ2v) is 4.61. The third kappa shape index (κ3) is 8.27. The molecule has 4 nitrogen and oxygen atoms in total. The Morgan fingerprint density at radius 2 is 1.79 bits per heavy atom. The topological polar surface area (TPSA) is 66.4 Å². The van der Waals surface area contributed by atoms with Crippen LogP contribution in [0.1, 0.15) is 12.8 Å². The van der Waals surface area contributed by atoms with Gasteiger partial charge in [0.05, 0.1) is 5.75 Å². The SMILES string of the molecule is O=S(=O)(CCCCO)NCC(F)(F)F. The van der Waals surface area contributed by atoms with Gasteiger partial charge in [-0.3, -0.25) is 0 Å². The molecule has 0 aliphatic heterocycles. The highest BCUT2D eigenvalue weighted by atomic mass is 32.2. The third-order valence-electron chi connectivity index (χ3n) is 1.31. The van der Waals surface area contributed by atoms with Crippen LogP contribution in [0.5, 0.6) is 0 Å². The molecule has 0 aromatic rings. The summed E-state index contributed by atoms with van der Waals surface area (Å²) in [5, 5.41) is 8.33. The van der Waals surface area contributed by atoms with E-state index in [1.54, 1.807) is 0 Å². The molecule has 0 saturated heterocycles. The Bertz CT molecular complexity index is 250. The number of halogens is 3. The Labute approximate surface area is 80.2 Å². The molecule has 0 spiro atoms. The van der Waals surface area contributed by atoms with Crippen LogP contribution in [0, 0.1) is 0 Å². The van der Waals surface area contributed by atoms with Gasteiger partial charge in [-0.1, -0.05) is 0 Å². The lowest BCUT2D eigenvalue weighted by atomic mass is 10.4. The van der Waals surface area contributed by atoms with Crippen LogP contribution in [0.15, 0.2) is 0 Å². The summed E-state index contributed by atoms with van der Waals surface area (Å²) >= 11 is 0. The highest BCUT2D eigenvalue weighted by Crippen LogP contribution is 2.12. The van der Waals surface area contributed by atoms with Crippen LogP contribution in [0.4, 0.5) is 13.2 Å². The molecule has 0 aromatic heterocycles. The number of nitrogens with one attached hydrogen (secondary N) is 1. The monoisotopic (exact) mass is 235 g/mol. The van der Waals surface area contributed by atoms with Crippen molar-refractivity contribution in [3.05, 3.63) is 0 Å². The van der Waals surface area contributed by atoms with Crippen molar-refractivity contribution in [2.75, 3.05) is 18.9 Å². The molecule has 0 bridgehead atoms. The summed E-state index contributed by atoms with van der Waals surface area (Å²) in [5.41, 5.74) is 0. The van der Waals surface area contributed by atoms with E-state index in [1.165, 1.54) is 4.72 Å². The summed E-state index contributed by atoms with van der Waals surface area (Å²) in [5.74, 6) is -0.399. The number of aliphatic hydroxyl groups is 1. The van der Waals surface area contributed by atoms with Crippen LogP contribution < -0.4 is 4.72 Å². The fourth-order valence-electron chi connectivity index (χ4n) is 0.668. The Kier molecular flexibility index (Phi) is 5.38. The summed E-state index contributed by atoms with van der Waals surface area (Å²) in [6.45, 7) is -1.72. The van der Waals surface area contributed by atoms with E-state index in [0.717, 1.165) is 0 Å². The van der Waals surface area contributed by atoms with Gasteiger partial charge >= 0.3 is 6.18 Å². The number of unbranched alkanes of at least 4 members (excludes halogenated alkanes) is 1. The maximum atomic E-state index is 11.6. The average Bonchev–Trinajstić information content (AvgIpc) is 2.00. The van der Waals surface area contributed by atoms with Crippen LogP contribution in [0.25, 0.3) is 0 Å². The van der Waals surface area contributed by atoms with Crippen LogP contribution in [0.3, 0.4) is 0 Å². The molecule has 0 heterocycles. The molecule has 0 unspecified atom stereocenters. The zero-order valence-electron chi connectivity index (χ0n) is 7.34. The highest BCUT2D eigenvalue weighted by molar-refractivity contribution is 7.89. The number of sulfonamides is 1. The Morgan fingerprint density at radius 3 is 2.21 bits per heavy atom. The first-order chi connectivity index (χ1) is 6.27. The number of hydrogen-bond acceptors (Lipinski definition) is 3. The molecule has 0 fully saturated rings. The van der Waals surface area contributed by atoms with Crippen molar-refractivity contribution >= 4 is 10.0 Å². The van der Waals surface area contributed by atoms with Crippen molar-refractivity contribution in [3.8, 4) is 0 Å². The smallest absolute Gasteiger partial charge is 0.396 e. The molecule has 0 rings (SSSR count). The van der Waals surface area contributed by atoms with Crippen molar-refractivity contribution < 1.29 is 26.7 Å². The van der Waals surface area contributed by atoms with E-state index in [-0.39, 0.29) is 19.4 Å². The standard InChI is InChI=1S/C6H12F3NO3S/c7-6(8,9)5-10-14(12,13)4-2-1-3-11/h10-11H,1-5H2. The second kappa shape index (κ2) is 5.52. The van der Waals surface area contributed by atoms with Gasteiger partial charge in [0.25, 0.3) is 0 Å². The van der Waals surface area contributed by atoms with Gasteiger partial charge < -0.3 is 5.11 Å². The fraction of sp³-hybridized carbons (Fsp3) is 1.00. The minimum absolute atomic E-state index is 0.143. The summed E-state index contributed by atoms with van der Waals surface area (Å²) in [6, 6.07) is 0. The summed E-state index contributed by atoms with van der Waals surface area (Å²) in [6.07, 6.45) is -4.14. The van der Waals surface area contributed by atoms with Gasteiger partial charge in [-0.15, -0.1) is 0 Å². The van der Waals surface area contributed by atoms with Crippen molar-refractivity contribution in [2.45, 2.75) is 19.0 Å². The van der Waals surface area contributed by atoms with Crippen molar-refractivity contribution in [3.63, 3.8) is 0 Å². The first kappa shape index (κ1) is 13.7. The van der Waals surface area contributed by atoms with Gasteiger partial charge in [0.15, 0.2) is 0 Å². The van der Waals surface area contributed by atoms with E-state index in [1.807, 2.05) is 0 Å². The zero-order valence-corrected chi connectivity index (χ0v) is 8.16. The normalized spacial score (nSPS) is 13.1. The number of hydrogen-bond donors (Lipinski definition) is 2. The van der Waals surface area contributed by atoms with E-state index in [0.29, 0.717) is 0 Å². The summed E-state index contributed by atoms with van der Waals surface area (Å²) in [4.78, 5) is 0. The van der Waals surface area contributed by atoms with Gasteiger partial charge in [-0.25, -0.2) is 13.1 Å². The third-order valence-corrected chi connectivity index (χ3v) is 2.72. The first-order valence-corrected chi connectivity index (χ1v) is 5.57. The molecule has 0 radical (unpaired) electrons. The Hall–Kier alpha value is -0.340. The molecule has 0 atom stereocenters. The van der Waals surface area contributed by atoms with Crippen LogP contribution in [-0.4, -0.2) is 38.6 Å². The van der Waals surface area contributed by atoms with Gasteiger partial charge in [-0.05, 0) is 12.8 Å². The predicted octanol–water partition coefficient (Wildman–Crippen LogP) is 0.241.